The highest BCUT2D eigenvalue weighted by atomic mass is 127. The number of aliphatic imine (C=N–C) groups is 1. The number of rotatable bonds is 7. The summed E-state index contributed by atoms with van der Waals surface area (Å²) in [5, 5.41) is 3.30. The number of halogens is 2. The highest BCUT2D eigenvalue weighted by Crippen LogP contribution is 2.46. The summed E-state index contributed by atoms with van der Waals surface area (Å²) in [6.45, 7) is 4.10. The van der Waals surface area contributed by atoms with Gasteiger partial charge in [0.25, 0.3) is 0 Å². The van der Waals surface area contributed by atoms with Crippen molar-refractivity contribution in [2.75, 3.05) is 32.1 Å². The molecule has 1 fully saturated rings. The summed E-state index contributed by atoms with van der Waals surface area (Å²) < 4.78 is 26.3. The van der Waals surface area contributed by atoms with Gasteiger partial charge in [-0.1, -0.05) is 0 Å². The Kier molecular flexibility index (Phi) is 8.26. The van der Waals surface area contributed by atoms with Crippen LogP contribution in [0.25, 0.3) is 0 Å². The maximum Gasteiger partial charge on any atom is 0.194 e. The highest BCUT2D eigenvalue weighted by molar-refractivity contribution is 14.0. The van der Waals surface area contributed by atoms with Gasteiger partial charge in [0.15, 0.2) is 5.96 Å². The summed E-state index contributed by atoms with van der Waals surface area (Å²) in [6.07, 6.45) is 5.22. The molecule has 25 heavy (non-hydrogen) atoms. The molecule has 0 radical (unpaired) electrons. The summed E-state index contributed by atoms with van der Waals surface area (Å²) >= 11 is 3.49. The van der Waals surface area contributed by atoms with Crippen LogP contribution in [0, 0.1) is 5.41 Å². The number of guanidine groups is 1. The number of aromatic nitrogens is 1. The summed E-state index contributed by atoms with van der Waals surface area (Å²) in [7, 11) is 1.05. The van der Waals surface area contributed by atoms with Crippen LogP contribution >= 0.6 is 39.9 Å². The molecule has 0 saturated heterocycles. The van der Waals surface area contributed by atoms with Crippen molar-refractivity contribution in [1.29, 1.82) is 0 Å². The first-order valence-corrected chi connectivity index (χ1v) is 11.0. The lowest BCUT2D eigenvalue weighted by molar-refractivity contribution is 0.456. The molecule has 0 bridgehead atoms. The van der Waals surface area contributed by atoms with Crippen LogP contribution in [-0.2, 0) is 23.4 Å². The number of hydrogen-bond donors (Lipinski definition) is 1. The molecule has 1 aliphatic rings. The van der Waals surface area contributed by atoms with Crippen molar-refractivity contribution in [3.05, 3.63) is 22.4 Å². The van der Waals surface area contributed by atoms with Crippen LogP contribution in [0.15, 0.2) is 21.7 Å². The smallest absolute Gasteiger partial charge is 0.194 e. The Morgan fingerprint density at radius 2 is 2.12 bits per heavy atom. The lowest BCUT2D eigenvalue weighted by atomic mass is 10.1. The van der Waals surface area contributed by atoms with Crippen molar-refractivity contribution < 1.29 is 8.42 Å². The Labute approximate surface area is 176 Å². The minimum atomic E-state index is -2.96. The van der Waals surface area contributed by atoms with Gasteiger partial charge in [0, 0.05) is 55.2 Å². The molecule has 0 atom stereocenters. The quantitative estimate of drug-likeness (QED) is 0.324. The zero-order chi connectivity index (χ0) is 18.0. The third-order valence-corrected chi connectivity index (χ3v) is 5.83. The molecule has 2 rings (SSSR count). The molecule has 1 aromatic heterocycles. The fraction of sp³-hybridized carbons (Fsp3) is 0.688. The van der Waals surface area contributed by atoms with Crippen molar-refractivity contribution in [1.82, 2.24) is 14.8 Å². The molecule has 0 spiro atoms. The molecule has 0 aromatic carbocycles. The molecule has 1 saturated carbocycles. The molecule has 1 aromatic rings. The lowest BCUT2D eigenvalue weighted by Crippen LogP contribution is -2.39. The van der Waals surface area contributed by atoms with Crippen LogP contribution in [0.4, 0.5) is 0 Å². The third kappa shape index (κ3) is 7.09. The Morgan fingerprint density at radius 1 is 1.48 bits per heavy atom. The number of hydrogen-bond acceptors (Lipinski definition) is 3. The van der Waals surface area contributed by atoms with Crippen molar-refractivity contribution >= 4 is 55.7 Å². The summed E-state index contributed by atoms with van der Waals surface area (Å²) in [6, 6.07) is 2.09. The van der Waals surface area contributed by atoms with Crippen molar-refractivity contribution in [3.8, 4) is 0 Å². The van der Waals surface area contributed by atoms with Crippen LogP contribution in [0.5, 0.6) is 0 Å². The van der Waals surface area contributed by atoms with E-state index in [9.17, 15) is 8.42 Å². The van der Waals surface area contributed by atoms with Gasteiger partial charge in [-0.3, -0.25) is 4.99 Å². The monoisotopic (exact) mass is 546 g/mol. The second-order valence-electron chi connectivity index (χ2n) is 6.86. The zero-order valence-corrected chi connectivity index (χ0v) is 20.0. The maximum absolute atomic E-state index is 11.6. The SMILES string of the molecule is CCNC(=NCC1(CS(C)(=O)=O)CC1)N(C)Cc1cc(Br)cn1C.I. The fourth-order valence-corrected chi connectivity index (χ4v) is 4.90. The Hall–Kier alpha value is -0.290. The molecular weight excluding hydrogens is 519 g/mol. The van der Waals surface area contributed by atoms with Gasteiger partial charge in [0.2, 0.25) is 0 Å². The maximum atomic E-state index is 11.6. The average Bonchev–Trinajstić information content (AvgIpc) is 3.12. The third-order valence-electron chi connectivity index (χ3n) is 4.26. The number of aryl methyl sites for hydroxylation is 1. The normalized spacial score (nSPS) is 16.3. The minimum absolute atomic E-state index is 0. The lowest BCUT2D eigenvalue weighted by Gasteiger charge is -2.23. The average molecular weight is 547 g/mol. The standard InChI is InChI=1S/C16H27BrN4O2S.HI/c1-5-18-15(19-11-16(6-7-16)12-24(4,22)23)21(3)10-14-8-13(17)9-20(14)2;/h8-9H,5-7,10-12H2,1-4H3,(H,18,19);1H. The molecular formula is C16H28BrIN4O2S. The van der Waals surface area contributed by atoms with Crippen molar-refractivity contribution in [2.24, 2.45) is 17.5 Å². The van der Waals surface area contributed by atoms with Crippen LogP contribution in [0.1, 0.15) is 25.5 Å². The molecule has 1 N–H and O–H groups in total. The van der Waals surface area contributed by atoms with Gasteiger partial charge >= 0.3 is 0 Å². The van der Waals surface area contributed by atoms with E-state index in [4.69, 9.17) is 4.99 Å². The van der Waals surface area contributed by atoms with E-state index in [1.807, 2.05) is 27.2 Å². The number of sulfone groups is 1. The van der Waals surface area contributed by atoms with Gasteiger partial charge in [-0.25, -0.2) is 8.42 Å². The molecule has 0 amide bonds. The first kappa shape index (κ1) is 22.8. The molecule has 9 heteroatoms. The van der Waals surface area contributed by atoms with Crippen LogP contribution < -0.4 is 5.32 Å². The van der Waals surface area contributed by atoms with E-state index in [2.05, 4.69) is 36.8 Å². The minimum Gasteiger partial charge on any atom is -0.357 e. The Balaban J connectivity index is 0.00000312. The molecule has 0 unspecified atom stereocenters. The molecule has 6 nitrogen and oxygen atoms in total. The predicted molar refractivity (Wildman–Crippen MR) is 117 cm³/mol. The van der Waals surface area contributed by atoms with E-state index in [1.54, 1.807) is 0 Å². The summed E-state index contributed by atoms with van der Waals surface area (Å²) in [5.74, 6) is 1.05. The Bertz CT molecular complexity index is 714. The number of nitrogens with one attached hydrogen (secondary N) is 1. The van der Waals surface area contributed by atoms with Crippen LogP contribution in [0.2, 0.25) is 0 Å². The molecule has 0 aliphatic heterocycles. The van der Waals surface area contributed by atoms with E-state index in [0.29, 0.717) is 6.54 Å². The molecule has 144 valence electrons. The zero-order valence-electron chi connectivity index (χ0n) is 15.2. The van der Waals surface area contributed by atoms with E-state index >= 15 is 0 Å². The largest absolute Gasteiger partial charge is 0.357 e. The Morgan fingerprint density at radius 3 is 2.56 bits per heavy atom. The van der Waals surface area contributed by atoms with E-state index in [-0.39, 0.29) is 35.1 Å². The molecule has 1 aliphatic carbocycles. The first-order valence-electron chi connectivity index (χ1n) is 8.12. The fourth-order valence-electron chi connectivity index (χ4n) is 2.83. The second kappa shape index (κ2) is 9.07. The first-order chi connectivity index (χ1) is 11.1. The van der Waals surface area contributed by atoms with Crippen LogP contribution in [-0.4, -0.2) is 56.0 Å². The summed E-state index contributed by atoms with van der Waals surface area (Å²) in [5.41, 5.74) is 1.02. The van der Waals surface area contributed by atoms with Gasteiger partial charge in [-0.15, -0.1) is 24.0 Å². The van der Waals surface area contributed by atoms with Gasteiger partial charge in [0.1, 0.15) is 9.84 Å². The van der Waals surface area contributed by atoms with E-state index < -0.39 is 9.84 Å². The van der Waals surface area contributed by atoms with E-state index in [1.165, 1.54) is 11.9 Å². The predicted octanol–water partition coefficient (Wildman–Crippen LogP) is 2.63. The summed E-state index contributed by atoms with van der Waals surface area (Å²) in [4.78, 5) is 6.78. The van der Waals surface area contributed by atoms with Gasteiger partial charge in [-0.05, 0) is 41.8 Å². The topological polar surface area (TPSA) is 66.7 Å². The van der Waals surface area contributed by atoms with Gasteiger partial charge in [-0.2, -0.15) is 0 Å². The highest BCUT2D eigenvalue weighted by Gasteiger charge is 2.45. The van der Waals surface area contributed by atoms with E-state index in [0.717, 1.165) is 36.4 Å². The van der Waals surface area contributed by atoms with Gasteiger partial charge in [0.05, 0.1) is 12.3 Å². The van der Waals surface area contributed by atoms with Crippen LogP contribution in [0.3, 0.4) is 0 Å². The number of nitrogens with zero attached hydrogens (tertiary/aromatic N) is 3. The van der Waals surface area contributed by atoms with Gasteiger partial charge < -0.3 is 14.8 Å². The van der Waals surface area contributed by atoms with Crippen molar-refractivity contribution in [2.45, 2.75) is 26.3 Å². The molecule has 1 heterocycles. The van der Waals surface area contributed by atoms with Crippen molar-refractivity contribution in [3.63, 3.8) is 0 Å². The second-order valence-corrected chi connectivity index (χ2v) is 9.91.